The predicted octanol–water partition coefficient (Wildman–Crippen LogP) is 1.15. The molecule has 0 aromatic carbocycles. The van der Waals surface area contributed by atoms with Gasteiger partial charge in [-0.1, -0.05) is 12.8 Å². The van der Waals surface area contributed by atoms with E-state index in [1.54, 1.807) is 4.90 Å². The Bertz CT molecular complexity index is 353. The Morgan fingerprint density at radius 3 is 2.69 bits per heavy atom. The van der Waals surface area contributed by atoms with E-state index in [1.165, 1.54) is 0 Å². The minimum atomic E-state index is -0.591. The van der Waals surface area contributed by atoms with Gasteiger partial charge in [0.05, 0.1) is 6.07 Å². The Kier molecular flexibility index (Phi) is 2.82. The number of nitrogens with zero attached hydrogens (tertiary/aromatic N) is 2. The van der Waals surface area contributed by atoms with E-state index in [1.807, 2.05) is 0 Å². The van der Waals surface area contributed by atoms with Gasteiger partial charge >= 0.3 is 6.03 Å². The van der Waals surface area contributed by atoms with Gasteiger partial charge in [0.25, 0.3) is 5.91 Å². The number of nitriles is 1. The third-order valence-corrected chi connectivity index (χ3v) is 3.51. The van der Waals surface area contributed by atoms with Crippen LogP contribution in [0.4, 0.5) is 4.79 Å². The van der Waals surface area contributed by atoms with Crippen LogP contribution in [0, 0.1) is 11.3 Å². The van der Waals surface area contributed by atoms with Gasteiger partial charge in [0.1, 0.15) is 5.54 Å². The van der Waals surface area contributed by atoms with Gasteiger partial charge < -0.3 is 4.90 Å². The lowest BCUT2D eigenvalue weighted by Crippen LogP contribution is -2.47. The topological polar surface area (TPSA) is 73.2 Å². The molecule has 0 aromatic rings. The Morgan fingerprint density at radius 1 is 1.38 bits per heavy atom. The number of amides is 3. The maximum Gasteiger partial charge on any atom is 0.325 e. The van der Waals surface area contributed by atoms with Crippen molar-refractivity contribution in [3.63, 3.8) is 0 Å². The zero-order valence-corrected chi connectivity index (χ0v) is 9.16. The predicted molar refractivity (Wildman–Crippen MR) is 56.3 cm³/mol. The first kappa shape index (κ1) is 10.9. The largest absolute Gasteiger partial charge is 0.325 e. The number of carbonyl (C=O) groups is 2. The van der Waals surface area contributed by atoms with Crippen molar-refractivity contribution in [1.29, 1.82) is 5.26 Å². The van der Waals surface area contributed by atoms with Crippen molar-refractivity contribution in [3.8, 4) is 6.07 Å². The standard InChI is InChI=1S/C11H15N3O2/c12-7-3-4-8-14-10(16)13-9(15)11(14)5-1-2-6-11/h1-6,8H2,(H,13,15,16). The second-order valence-electron chi connectivity index (χ2n) is 4.41. The fourth-order valence-corrected chi connectivity index (χ4v) is 2.69. The molecule has 1 heterocycles. The summed E-state index contributed by atoms with van der Waals surface area (Å²) in [6.45, 7) is 0.505. The van der Waals surface area contributed by atoms with Crippen molar-refractivity contribution in [2.45, 2.75) is 44.1 Å². The second kappa shape index (κ2) is 4.12. The molecular weight excluding hydrogens is 206 g/mol. The van der Waals surface area contributed by atoms with E-state index in [-0.39, 0.29) is 11.9 Å². The van der Waals surface area contributed by atoms with Gasteiger partial charge in [-0.05, 0) is 19.3 Å². The Morgan fingerprint density at radius 2 is 2.06 bits per heavy atom. The summed E-state index contributed by atoms with van der Waals surface area (Å²) >= 11 is 0. The molecule has 1 aliphatic carbocycles. The molecule has 2 aliphatic rings. The van der Waals surface area contributed by atoms with E-state index in [9.17, 15) is 9.59 Å². The normalized spacial score (nSPS) is 22.6. The summed E-state index contributed by atoms with van der Waals surface area (Å²) in [4.78, 5) is 25.1. The van der Waals surface area contributed by atoms with Crippen molar-refractivity contribution in [3.05, 3.63) is 0 Å². The van der Waals surface area contributed by atoms with E-state index < -0.39 is 5.54 Å². The van der Waals surface area contributed by atoms with Crippen molar-refractivity contribution in [2.75, 3.05) is 6.54 Å². The Balaban J connectivity index is 2.11. The minimum absolute atomic E-state index is 0.146. The number of rotatable bonds is 3. The van der Waals surface area contributed by atoms with Gasteiger partial charge in [0, 0.05) is 13.0 Å². The quantitative estimate of drug-likeness (QED) is 0.574. The molecule has 0 unspecified atom stereocenters. The molecule has 1 spiro atoms. The molecule has 86 valence electrons. The average Bonchev–Trinajstić information content (AvgIpc) is 2.81. The summed E-state index contributed by atoms with van der Waals surface area (Å²) in [5, 5.41) is 10.9. The Hall–Kier alpha value is -1.57. The lowest BCUT2D eigenvalue weighted by molar-refractivity contribution is -0.126. The van der Waals surface area contributed by atoms with Gasteiger partial charge in [-0.25, -0.2) is 4.79 Å². The molecule has 5 heteroatoms. The molecule has 1 N–H and O–H groups in total. The van der Waals surface area contributed by atoms with Crippen molar-refractivity contribution < 1.29 is 9.59 Å². The zero-order chi connectivity index (χ0) is 11.6. The number of hydrogen-bond donors (Lipinski definition) is 1. The number of unbranched alkanes of at least 4 members (excludes halogenated alkanes) is 1. The fraction of sp³-hybridized carbons (Fsp3) is 0.727. The maximum atomic E-state index is 11.8. The van der Waals surface area contributed by atoms with Gasteiger partial charge in [-0.15, -0.1) is 0 Å². The van der Waals surface area contributed by atoms with Crippen molar-refractivity contribution in [2.24, 2.45) is 0 Å². The molecular formula is C11H15N3O2. The number of carbonyl (C=O) groups excluding carboxylic acids is 2. The smallest absolute Gasteiger partial charge is 0.310 e. The number of hydrogen-bond acceptors (Lipinski definition) is 3. The summed E-state index contributed by atoms with van der Waals surface area (Å²) in [5.41, 5.74) is -0.591. The summed E-state index contributed by atoms with van der Waals surface area (Å²) in [5.74, 6) is -0.146. The van der Waals surface area contributed by atoms with E-state index in [0.29, 0.717) is 19.4 Å². The van der Waals surface area contributed by atoms with Crippen LogP contribution in [0.3, 0.4) is 0 Å². The van der Waals surface area contributed by atoms with Crippen LogP contribution in [0.1, 0.15) is 38.5 Å². The highest BCUT2D eigenvalue weighted by Crippen LogP contribution is 2.38. The summed E-state index contributed by atoms with van der Waals surface area (Å²) in [6, 6.07) is 1.77. The highest BCUT2D eigenvalue weighted by molar-refractivity contribution is 6.07. The SMILES string of the molecule is N#CCCCN1C(=O)NC(=O)C12CCCC2. The van der Waals surface area contributed by atoms with Crippen LogP contribution in [-0.4, -0.2) is 28.9 Å². The third-order valence-electron chi connectivity index (χ3n) is 3.51. The molecule has 16 heavy (non-hydrogen) atoms. The first-order chi connectivity index (χ1) is 7.70. The molecule has 2 fully saturated rings. The van der Waals surface area contributed by atoms with E-state index >= 15 is 0 Å². The van der Waals surface area contributed by atoms with Crippen LogP contribution in [-0.2, 0) is 4.79 Å². The van der Waals surface area contributed by atoms with Crippen LogP contribution in [0.5, 0.6) is 0 Å². The molecule has 2 rings (SSSR count). The van der Waals surface area contributed by atoms with Crippen LogP contribution >= 0.6 is 0 Å². The molecule has 0 atom stereocenters. The zero-order valence-electron chi connectivity index (χ0n) is 9.16. The molecule has 1 aliphatic heterocycles. The lowest BCUT2D eigenvalue weighted by Gasteiger charge is -2.31. The van der Waals surface area contributed by atoms with E-state index in [4.69, 9.17) is 5.26 Å². The molecule has 0 aromatic heterocycles. The van der Waals surface area contributed by atoms with Gasteiger partial charge in [0.15, 0.2) is 0 Å². The minimum Gasteiger partial charge on any atom is -0.310 e. The molecule has 3 amide bonds. The third kappa shape index (κ3) is 1.54. The Labute approximate surface area is 94.4 Å². The molecule has 5 nitrogen and oxygen atoms in total. The van der Waals surface area contributed by atoms with Crippen LogP contribution < -0.4 is 5.32 Å². The highest BCUT2D eigenvalue weighted by atomic mass is 16.2. The number of nitrogens with one attached hydrogen (secondary N) is 1. The number of imide groups is 1. The monoisotopic (exact) mass is 221 g/mol. The highest BCUT2D eigenvalue weighted by Gasteiger charge is 2.53. The van der Waals surface area contributed by atoms with Gasteiger partial charge in [0.2, 0.25) is 0 Å². The summed E-state index contributed by atoms with van der Waals surface area (Å²) in [6.07, 6.45) is 4.58. The number of urea groups is 1. The average molecular weight is 221 g/mol. The van der Waals surface area contributed by atoms with Crippen molar-refractivity contribution >= 4 is 11.9 Å². The van der Waals surface area contributed by atoms with Crippen molar-refractivity contribution in [1.82, 2.24) is 10.2 Å². The molecule has 1 saturated carbocycles. The first-order valence-corrected chi connectivity index (χ1v) is 5.71. The molecule has 0 radical (unpaired) electrons. The van der Waals surface area contributed by atoms with Crippen LogP contribution in [0.15, 0.2) is 0 Å². The fourth-order valence-electron chi connectivity index (χ4n) is 2.69. The lowest BCUT2D eigenvalue weighted by atomic mass is 9.96. The first-order valence-electron chi connectivity index (χ1n) is 5.71. The van der Waals surface area contributed by atoms with Gasteiger partial charge in [-0.3, -0.25) is 10.1 Å². The maximum absolute atomic E-state index is 11.8. The summed E-state index contributed by atoms with van der Waals surface area (Å²) < 4.78 is 0. The van der Waals surface area contributed by atoms with Crippen LogP contribution in [0.2, 0.25) is 0 Å². The van der Waals surface area contributed by atoms with E-state index in [2.05, 4.69) is 11.4 Å². The second-order valence-corrected chi connectivity index (χ2v) is 4.41. The van der Waals surface area contributed by atoms with Crippen LogP contribution in [0.25, 0.3) is 0 Å². The summed E-state index contributed by atoms with van der Waals surface area (Å²) in [7, 11) is 0. The van der Waals surface area contributed by atoms with E-state index in [0.717, 1.165) is 25.7 Å². The molecule has 1 saturated heterocycles. The van der Waals surface area contributed by atoms with Gasteiger partial charge in [-0.2, -0.15) is 5.26 Å². The molecule has 0 bridgehead atoms.